The number of hydrogen-bond acceptors (Lipinski definition) is 0. The average Bonchev–Trinajstić information content (AvgIpc) is 3.02. The van der Waals surface area contributed by atoms with Gasteiger partial charge in [0.1, 0.15) is 0 Å². The summed E-state index contributed by atoms with van der Waals surface area (Å²) in [6.45, 7) is 34.0. The summed E-state index contributed by atoms with van der Waals surface area (Å²) in [5.74, 6) is 14.7. The second kappa shape index (κ2) is 19.2. The van der Waals surface area contributed by atoms with Gasteiger partial charge in [0.2, 0.25) is 0 Å². The Morgan fingerprint density at radius 3 is 0.533 bits per heavy atom. The van der Waals surface area contributed by atoms with Crippen molar-refractivity contribution in [2.75, 3.05) is 0 Å². The molecule has 0 aliphatic heterocycles. The second-order valence-corrected chi connectivity index (χ2v) is 12.5. The monoisotopic (exact) mass is 565 g/mol. The normalized spacial score (nSPS) is 21.3. The maximum atomic E-state index is 3.25. The predicted octanol–water partition coefficient (Wildman–Crippen LogP) is 9.33. The summed E-state index contributed by atoms with van der Waals surface area (Å²) < 4.78 is 0. The van der Waals surface area contributed by atoms with Gasteiger partial charge in [-0.2, -0.15) is 6.92 Å². The van der Waals surface area contributed by atoms with E-state index in [1.54, 1.807) is 6.92 Å². The molecule has 0 nitrogen and oxygen atoms in total. The van der Waals surface area contributed by atoms with Gasteiger partial charge in [0.15, 0.2) is 0 Å². The summed E-state index contributed by atoms with van der Waals surface area (Å²) in [4.78, 5) is 0. The van der Waals surface area contributed by atoms with E-state index in [-0.39, 0.29) is 54.5 Å². The minimum atomic E-state index is -0.171. The molecule has 0 amide bonds. The van der Waals surface area contributed by atoms with Crippen molar-refractivity contribution < 1.29 is 40.4 Å². The van der Waals surface area contributed by atoms with E-state index in [1.807, 2.05) is 0 Å². The molecule has 0 bridgehead atoms. The molecule has 0 aromatic heterocycles. The molecule has 30 heavy (non-hydrogen) atoms. The summed E-state index contributed by atoms with van der Waals surface area (Å²) in [6.07, 6.45) is 0. The van der Waals surface area contributed by atoms with Crippen LogP contribution in [0.2, 0.25) is 15.8 Å². The predicted molar refractivity (Wildman–Crippen MR) is 137 cm³/mol. The van der Waals surface area contributed by atoms with E-state index in [0.717, 1.165) is 0 Å². The van der Waals surface area contributed by atoms with Crippen LogP contribution in [0.5, 0.6) is 0 Å². The molecule has 2 aliphatic rings. The van der Waals surface area contributed by atoms with Crippen LogP contribution in [-0.4, -0.2) is 14.1 Å². The van der Waals surface area contributed by atoms with E-state index < -0.39 is 0 Å². The van der Waals surface area contributed by atoms with Crippen LogP contribution < -0.4 is 0 Å². The van der Waals surface area contributed by atoms with Gasteiger partial charge in [-0.25, -0.2) is 0 Å². The molecular formula is C28H50AlSm-. The third-order valence-electron chi connectivity index (χ3n) is 7.36. The van der Waals surface area contributed by atoms with Crippen molar-refractivity contribution in [3.8, 4) is 0 Å². The molecule has 0 saturated heterocycles. The van der Waals surface area contributed by atoms with Crippen molar-refractivity contribution in [3.05, 3.63) is 66.1 Å². The fourth-order valence-electron chi connectivity index (χ4n) is 3.68. The van der Waals surface area contributed by atoms with Crippen molar-refractivity contribution in [3.63, 3.8) is 0 Å². The molecule has 0 N–H and O–H groups in total. The summed E-state index contributed by atoms with van der Waals surface area (Å²) in [6, 6.07) is 0. The number of hydrogen-bond donors (Lipinski definition) is 0. The average molecular weight is 564 g/mol. The van der Waals surface area contributed by atoms with E-state index in [4.69, 9.17) is 0 Å². The molecule has 0 unspecified atom stereocenters. The van der Waals surface area contributed by atoms with Gasteiger partial charge in [-0.3, -0.25) is 0 Å². The zero-order valence-electron chi connectivity index (χ0n) is 22.8. The van der Waals surface area contributed by atoms with Gasteiger partial charge in [0, 0.05) is 40.4 Å². The molecule has 0 aromatic rings. The van der Waals surface area contributed by atoms with Crippen molar-refractivity contribution in [1.29, 1.82) is 0 Å². The second-order valence-electron chi connectivity index (χ2n) is 8.34. The van der Waals surface area contributed by atoms with Crippen molar-refractivity contribution >= 4 is 14.1 Å². The van der Waals surface area contributed by atoms with Gasteiger partial charge >= 0.3 is 0 Å². The Kier molecular flexibility index (Phi) is 23.3. The topological polar surface area (TPSA) is 0 Å². The van der Waals surface area contributed by atoms with Gasteiger partial charge in [-0.15, -0.1) is 0 Å². The molecule has 172 valence electrons. The zero-order valence-corrected chi connectivity index (χ0v) is 26.6. The maximum Gasteiger partial charge on any atom is 0.261 e. The molecule has 2 fully saturated rings. The van der Waals surface area contributed by atoms with Crippen molar-refractivity contribution in [1.82, 2.24) is 0 Å². The molecule has 2 aliphatic carbocycles. The van der Waals surface area contributed by atoms with Crippen LogP contribution in [-0.2, 0) is 0 Å². The van der Waals surface area contributed by atoms with Crippen LogP contribution in [0.4, 0.5) is 0 Å². The largest absolute Gasteiger partial charge is 0.346 e. The van der Waals surface area contributed by atoms with Gasteiger partial charge < -0.3 is 6.92 Å². The molecule has 0 aromatic carbocycles. The molecule has 2 saturated carbocycles. The minimum Gasteiger partial charge on any atom is -0.346 e. The third-order valence-corrected chi connectivity index (χ3v) is 10.8. The molecule has 2 heteroatoms. The first-order valence-electron chi connectivity index (χ1n) is 11.6. The third kappa shape index (κ3) is 10.9. The summed E-state index contributed by atoms with van der Waals surface area (Å²) in [5.41, 5.74) is 0. The van der Waals surface area contributed by atoms with Crippen LogP contribution in [0.15, 0.2) is 0 Å². The quantitative estimate of drug-likeness (QED) is 0.237. The Morgan fingerprint density at radius 1 is 0.400 bits per heavy atom. The van der Waals surface area contributed by atoms with Gasteiger partial charge in [-0.1, -0.05) is 106 Å². The molecule has 10 radical (unpaired) electrons. The molecule has 0 atom stereocenters. The molecule has 2 rings (SSSR count). The van der Waals surface area contributed by atoms with E-state index in [0.29, 0.717) is 0 Å². The van der Waals surface area contributed by atoms with Crippen LogP contribution >= 0.6 is 0 Å². The Labute approximate surface area is 231 Å². The smallest absolute Gasteiger partial charge is 0.261 e. The van der Waals surface area contributed by atoms with Crippen molar-refractivity contribution in [2.45, 2.75) is 113 Å². The Balaban J connectivity index is -0.000000350. The fraction of sp³-hybridized carbons (Fsp3) is 0.607. The van der Waals surface area contributed by atoms with E-state index in [9.17, 15) is 0 Å². The Hall–Kier alpha value is 1.87. The number of rotatable bonds is 3. The fourth-order valence-corrected chi connectivity index (χ4v) is 5.41. The summed E-state index contributed by atoms with van der Waals surface area (Å²) in [5, 5.41) is 4.48. The standard InChI is InChI=1S/2C10H15.4C2H5.Al.Sm/c2*1-6-7(2)9(4)10(5)8(6)3;4*1-2;;/h2*1-5H3;4*1H2,2H3;;/q;;;;;-1;;. The maximum absolute atomic E-state index is 3.25. The first-order valence-corrected chi connectivity index (χ1v) is 14.0. The Bertz CT molecular complexity index is 256. The van der Waals surface area contributed by atoms with Gasteiger partial charge in [0.25, 0.3) is 14.1 Å². The van der Waals surface area contributed by atoms with Crippen LogP contribution in [0.1, 0.15) is 96.9 Å². The van der Waals surface area contributed by atoms with Gasteiger partial charge in [-0.05, 0) is 59.2 Å². The molecule has 0 heterocycles. The first kappa shape index (κ1) is 36.4. The van der Waals surface area contributed by atoms with Gasteiger partial charge in [0.05, 0.1) is 0 Å². The van der Waals surface area contributed by atoms with Crippen LogP contribution in [0, 0.1) is 106 Å². The summed E-state index contributed by atoms with van der Waals surface area (Å²) in [7, 11) is 0. The van der Waals surface area contributed by atoms with E-state index in [1.165, 1.54) is 75.0 Å². The Morgan fingerprint density at radius 2 is 0.500 bits per heavy atom. The van der Waals surface area contributed by atoms with E-state index in [2.05, 4.69) is 96.9 Å². The van der Waals surface area contributed by atoms with Crippen LogP contribution in [0.3, 0.4) is 0 Å². The van der Waals surface area contributed by atoms with E-state index >= 15 is 0 Å². The van der Waals surface area contributed by atoms with Crippen molar-refractivity contribution in [2.24, 2.45) is 0 Å². The summed E-state index contributed by atoms with van der Waals surface area (Å²) >= 11 is -0.171. The first-order chi connectivity index (χ1) is 13.5. The minimum absolute atomic E-state index is 0. The SMILES string of the molecule is C[CH2][Al]([CH2]C)[CH2]C.C[C]1[C](C)[C](C)[C](C)[C]1C.C[C]1[C](C)[C](C)[C](C)[C]1C.[CH2-]C.[Sm]. The molecule has 0 spiro atoms. The molecular weight excluding hydrogens is 514 g/mol. The van der Waals surface area contributed by atoms with Crippen LogP contribution in [0.25, 0.3) is 0 Å². The zero-order chi connectivity index (χ0) is 23.5.